The molecule has 0 spiro atoms. The first-order valence-corrected chi connectivity index (χ1v) is 15.5. The molecule has 8 heteroatoms. The number of phenols is 1. The molecule has 38 heavy (non-hydrogen) atoms. The number of carbonyl (C=O) groups is 1. The van der Waals surface area contributed by atoms with Gasteiger partial charge in [0, 0.05) is 23.9 Å². The van der Waals surface area contributed by atoms with Crippen LogP contribution in [0.1, 0.15) is 113 Å². The Labute approximate surface area is 230 Å². The standard InChI is InChI=1S/C30H52NO6P/c1-13-35-38(34,36-14-2)24(26(33)37-21-18-29(9,10)31-30(11,12)19-21)17-20-15-22(27(3,4)5)25(32)23(16-20)28(6,7)8/h15-16,21,24,31-32H,13-14,17-19H2,1-12H3. The van der Waals surface area contributed by atoms with E-state index in [2.05, 4.69) is 33.0 Å². The first kappa shape index (κ1) is 32.8. The van der Waals surface area contributed by atoms with E-state index in [1.54, 1.807) is 13.8 Å². The lowest BCUT2D eigenvalue weighted by Gasteiger charge is -2.46. The van der Waals surface area contributed by atoms with Crippen molar-refractivity contribution in [2.75, 3.05) is 13.2 Å². The molecule has 0 aromatic heterocycles. The van der Waals surface area contributed by atoms with Gasteiger partial charge in [-0.15, -0.1) is 0 Å². The van der Waals surface area contributed by atoms with Gasteiger partial charge in [0.1, 0.15) is 11.9 Å². The fraction of sp³-hybridized carbons (Fsp3) is 0.767. The summed E-state index contributed by atoms with van der Waals surface area (Å²) < 4.78 is 31.5. The lowest BCUT2D eigenvalue weighted by atomic mass is 9.78. The highest BCUT2D eigenvalue weighted by Crippen LogP contribution is 2.55. The number of ether oxygens (including phenoxy) is 1. The fourth-order valence-electron chi connectivity index (χ4n) is 5.63. The minimum atomic E-state index is -3.86. The van der Waals surface area contributed by atoms with Crippen LogP contribution in [0.4, 0.5) is 0 Å². The van der Waals surface area contributed by atoms with Crippen LogP contribution in [0.5, 0.6) is 5.75 Å². The maximum atomic E-state index is 14.1. The number of nitrogens with one attached hydrogen (secondary N) is 1. The van der Waals surface area contributed by atoms with Gasteiger partial charge in [-0.05, 0) is 75.5 Å². The van der Waals surface area contributed by atoms with Gasteiger partial charge in [-0.1, -0.05) is 53.7 Å². The number of rotatable bonds is 9. The van der Waals surface area contributed by atoms with Crippen LogP contribution in [0, 0.1) is 0 Å². The molecule has 1 aliphatic heterocycles. The maximum absolute atomic E-state index is 14.1. The van der Waals surface area contributed by atoms with Crippen LogP contribution in [-0.2, 0) is 40.4 Å². The number of piperidine rings is 1. The molecule has 0 bridgehead atoms. The smallest absolute Gasteiger partial charge is 0.345 e. The van der Waals surface area contributed by atoms with Gasteiger partial charge in [0.2, 0.25) is 0 Å². The number of carbonyl (C=O) groups excluding carboxylic acids is 1. The van der Waals surface area contributed by atoms with Gasteiger partial charge in [0.15, 0.2) is 5.66 Å². The molecule has 7 nitrogen and oxygen atoms in total. The molecule has 1 aromatic carbocycles. The summed E-state index contributed by atoms with van der Waals surface area (Å²) in [5.74, 6) is -0.318. The van der Waals surface area contributed by atoms with Gasteiger partial charge in [0.25, 0.3) is 0 Å². The molecule has 1 aromatic rings. The van der Waals surface area contributed by atoms with Gasteiger partial charge in [0.05, 0.1) is 13.2 Å². The van der Waals surface area contributed by atoms with E-state index >= 15 is 0 Å². The van der Waals surface area contributed by atoms with E-state index < -0.39 is 19.2 Å². The van der Waals surface area contributed by atoms with Crippen LogP contribution in [-0.4, -0.2) is 47.1 Å². The second kappa shape index (κ2) is 11.6. The molecular weight excluding hydrogens is 501 g/mol. The zero-order valence-electron chi connectivity index (χ0n) is 25.8. The minimum absolute atomic E-state index is 0.111. The number of esters is 1. The molecule has 1 fully saturated rings. The molecule has 218 valence electrons. The molecule has 0 aliphatic carbocycles. The summed E-state index contributed by atoms with van der Waals surface area (Å²) in [6, 6.07) is 3.81. The predicted molar refractivity (Wildman–Crippen MR) is 154 cm³/mol. The van der Waals surface area contributed by atoms with Crippen molar-refractivity contribution >= 4 is 13.6 Å². The first-order valence-electron chi connectivity index (χ1n) is 13.9. The Morgan fingerprint density at radius 2 is 1.39 bits per heavy atom. The number of hydrogen-bond acceptors (Lipinski definition) is 7. The van der Waals surface area contributed by atoms with E-state index in [4.69, 9.17) is 13.8 Å². The third-order valence-electron chi connectivity index (χ3n) is 6.92. The second-order valence-corrected chi connectivity index (χ2v) is 16.2. The van der Waals surface area contributed by atoms with Crippen LogP contribution in [0.2, 0.25) is 0 Å². The number of aromatic hydroxyl groups is 1. The summed E-state index contributed by atoms with van der Waals surface area (Å²) in [5.41, 5.74) is 0.0854. The molecule has 0 radical (unpaired) electrons. The molecule has 0 amide bonds. The van der Waals surface area contributed by atoms with Crippen molar-refractivity contribution < 1.29 is 28.3 Å². The van der Waals surface area contributed by atoms with Crippen LogP contribution in [0.15, 0.2) is 12.1 Å². The SMILES string of the molecule is CCOP(=O)(OCC)C(Cc1cc(C(C)(C)C)c(O)c(C(C)(C)C)c1)C(=O)OC1CC(C)(C)NC(C)(C)C1. The normalized spacial score (nSPS) is 19.3. The van der Waals surface area contributed by atoms with Crippen molar-refractivity contribution in [2.24, 2.45) is 0 Å². The summed E-state index contributed by atoms with van der Waals surface area (Å²) in [5, 5.41) is 14.8. The summed E-state index contributed by atoms with van der Waals surface area (Å²) in [6.07, 6.45) is 1.07. The highest BCUT2D eigenvalue weighted by atomic mass is 31.2. The molecule has 1 atom stereocenters. The molecule has 1 aliphatic rings. The van der Waals surface area contributed by atoms with Crippen LogP contribution in [0.3, 0.4) is 0 Å². The molecule has 1 heterocycles. The number of phenolic OH excluding ortho intramolecular Hbond substituents is 1. The van der Waals surface area contributed by atoms with Crippen LogP contribution < -0.4 is 5.32 Å². The summed E-state index contributed by atoms with van der Waals surface area (Å²) in [7, 11) is -3.86. The van der Waals surface area contributed by atoms with Crippen LogP contribution >= 0.6 is 7.60 Å². The average molecular weight is 554 g/mol. The second-order valence-electron chi connectivity index (χ2n) is 14.0. The summed E-state index contributed by atoms with van der Waals surface area (Å²) in [6.45, 7) is 24.4. The van der Waals surface area contributed by atoms with Crippen LogP contribution in [0.25, 0.3) is 0 Å². The van der Waals surface area contributed by atoms with Gasteiger partial charge < -0.3 is 24.2 Å². The maximum Gasteiger partial charge on any atom is 0.345 e. The Morgan fingerprint density at radius 1 is 0.974 bits per heavy atom. The Balaban J connectivity index is 2.58. The summed E-state index contributed by atoms with van der Waals surface area (Å²) in [4.78, 5) is 13.8. The van der Waals surface area contributed by atoms with E-state index in [1.165, 1.54) is 0 Å². The zero-order chi connectivity index (χ0) is 29.3. The summed E-state index contributed by atoms with van der Waals surface area (Å²) >= 11 is 0. The van der Waals surface area contributed by atoms with Gasteiger partial charge >= 0.3 is 13.6 Å². The highest BCUT2D eigenvalue weighted by Gasteiger charge is 2.46. The van der Waals surface area contributed by atoms with Crippen molar-refractivity contribution in [2.45, 2.75) is 136 Å². The van der Waals surface area contributed by atoms with Crippen molar-refractivity contribution in [3.05, 3.63) is 28.8 Å². The van der Waals surface area contributed by atoms with E-state index in [0.29, 0.717) is 12.8 Å². The highest BCUT2D eigenvalue weighted by molar-refractivity contribution is 7.55. The van der Waals surface area contributed by atoms with Crippen molar-refractivity contribution in [3.8, 4) is 5.75 Å². The fourth-order valence-corrected chi connectivity index (χ4v) is 7.54. The van der Waals surface area contributed by atoms with Crippen molar-refractivity contribution in [3.63, 3.8) is 0 Å². The van der Waals surface area contributed by atoms with E-state index in [9.17, 15) is 14.5 Å². The average Bonchev–Trinajstić information content (AvgIpc) is 2.68. The third kappa shape index (κ3) is 8.30. The Bertz CT molecular complexity index is 973. The quantitative estimate of drug-likeness (QED) is 0.251. The molecular formula is C30H52NO6P. The molecule has 1 unspecified atom stereocenters. The topological polar surface area (TPSA) is 94.1 Å². The molecule has 2 rings (SSSR count). The van der Waals surface area contributed by atoms with Gasteiger partial charge in [-0.25, -0.2) is 0 Å². The largest absolute Gasteiger partial charge is 0.507 e. The minimum Gasteiger partial charge on any atom is -0.507 e. The van der Waals surface area contributed by atoms with Gasteiger partial charge in [-0.3, -0.25) is 9.36 Å². The Kier molecular flexibility index (Phi) is 10.0. The van der Waals surface area contributed by atoms with Gasteiger partial charge in [-0.2, -0.15) is 0 Å². The number of hydrogen-bond donors (Lipinski definition) is 2. The zero-order valence-corrected chi connectivity index (χ0v) is 26.7. The number of benzene rings is 1. The molecule has 1 saturated heterocycles. The van der Waals surface area contributed by atoms with Crippen molar-refractivity contribution in [1.29, 1.82) is 0 Å². The van der Waals surface area contributed by atoms with E-state index in [-0.39, 0.29) is 53.4 Å². The molecule has 0 saturated carbocycles. The molecule has 2 N–H and O–H groups in total. The Hall–Kier alpha value is -1.40. The lowest BCUT2D eigenvalue weighted by Crippen LogP contribution is -2.60. The van der Waals surface area contributed by atoms with E-state index in [0.717, 1.165) is 16.7 Å². The van der Waals surface area contributed by atoms with Crippen molar-refractivity contribution in [1.82, 2.24) is 5.32 Å². The predicted octanol–water partition coefficient (Wildman–Crippen LogP) is 7.02. The lowest BCUT2D eigenvalue weighted by molar-refractivity contribution is -0.153. The monoisotopic (exact) mass is 553 g/mol. The third-order valence-corrected chi connectivity index (χ3v) is 9.32. The van der Waals surface area contributed by atoms with E-state index in [1.807, 2.05) is 53.7 Å². The Morgan fingerprint density at radius 3 is 1.76 bits per heavy atom. The first-order chi connectivity index (χ1) is 17.1.